The minimum absolute atomic E-state index is 0.119. The standard InChI is InChI=1S/C22H19Cl3N2O/c23-18-9-6-15(7-10-18)13-27-22(28)21(16-4-2-1-3-5-16)26-14-17-8-11-19(24)12-20(17)25/h1-12,21,26H,13-14H2,(H,27,28). The first kappa shape index (κ1) is 20.7. The van der Waals surface area contributed by atoms with Gasteiger partial charge in [0.15, 0.2) is 0 Å². The van der Waals surface area contributed by atoms with Crippen LogP contribution in [0.2, 0.25) is 15.1 Å². The van der Waals surface area contributed by atoms with E-state index in [-0.39, 0.29) is 5.91 Å². The molecule has 0 aliphatic rings. The molecule has 3 nitrogen and oxygen atoms in total. The Morgan fingerprint density at radius 1 is 0.821 bits per heavy atom. The Morgan fingerprint density at radius 2 is 1.50 bits per heavy atom. The summed E-state index contributed by atoms with van der Waals surface area (Å²) < 4.78 is 0. The molecule has 0 radical (unpaired) electrons. The molecule has 0 bridgehead atoms. The maximum atomic E-state index is 12.9. The van der Waals surface area contributed by atoms with Crippen LogP contribution in [0.3, 0.4) is 0 Å². The first-order valence-electron chi connectivity index (χ1n) is 8.77. The van der Waals surface area contributed by atoms with Gasteiger partial charge in [0.2, 0.25) is 5.91 Å². The van der Waals surface area contributed by atoms with Crippen LogP contribution in [0.1, 0.15) is 22.7 Å². The van der Waals surface area contributed by atoms with Gasteiger partial charge in [0.05, 0.1) is 0 Å². The minimum Gasteiger partial charge on any atom is -0.350 e. The first-order valence-corrected chi connectivity index (χ1v) is 9.91. The Morgan fingerprint density at radius 3 is 2.18 bits per heavy atom. The molecule has 0 heterocycles. The molecule has 0 aliphatic carbocycles. The molecule has 2 N–H and O–H groups in total. The third-order valence-corrected chi connectivity index (χ3v) is 5.13. The molecule has 1 amide bonds. The molecule has 1 unspecified atom stereocenters. The van der Waals surface area contributed by atoms with Crippen LogP contribution in [0.15, 0.2) is 72.8 Å². The molecule has 6 heteroatoms. The lowest BCUT2D eigenvalue weighted by Gasteiger charge is -2.19. The van der Waals surface area contributed by atoms with Crippen LogP contribution in [-0.2, 0) is 17.9 Å². The number of halogens is 3. The molecule has 3 aromatic carbocycles. The lowest BCUT2D eigenvalue weighted by Crippen LogP contribution is -2.37. The van der Waals surface area contributed by atoms with Crippen LogP contribution in [0.4, 0.5) is 0 Å². The van der Waals surface area contributed by atoms with E-state index in [0.717, 1.165) is 16.7 Å². The van der Waals surface area contributed by atoms with Crippen molar-refractivity contribution >= 4 is 40.7 Å². The highest BCUT2D eigenvalue weighted by atomic mass is 35.5. The number of hydrogen-bond donors (Lipinski definition) is 2. The zero-order valence-corrected chi connectivity index (χ0v) is 17.2. The normalized spacial score (nSPS) is 11.8. The molecule has 28 heavy (non-hydrogen) atoms. The minimum atomic E-state index is -0.514. The molecule has 3 rings (SSSR count). The van der Waals surface area contributed by atoms with Crippen LogP contribution >= 0.6 is 34.8 Å². The number of carbonyl (C=O) groups is 1. The van der Waals surface area contributed by atoms with Crippen LogP contribution in [0, 0.1) is 0 Å². The lowest BCUT2D eigenvalue weighted by atomic mass is 10.1. The Hall–Kier alpha value is -2.04. The second-order valence-electron chi connectivity index (χ2n) is 6.30. The quantitative estimate of drug-likeness (QED) is 0.495. The van der Waals surface area contributed by atoms with Crippen molar-refractivity contribution in [1.82, 2.24) is 10.6 Å². The van der Waals surface area contributed by atoms with E-state index in [2.05, 4.69) is 10.6 Å². The van der Waals surface area contributed by atoms with Gasteiger partial charge in [-0.2, -0.15) is 0 Å². The molecular formula is C22H19Cl3N2O. The molecule has 144 valence electrons. The first-order chi connectivity index (χ1) is 13.5. The van der Waals surface area contributed by atoms with E-state index >= 15 is 0 Å². The third-order valence-electron chi connectivity index (χ3n) is 4.29. The molecule has 3 aromatic rings. The summed E-state index contributed by atoms with van der Waals surface area (Å²) in [5, 5.41) is 8.08. The van der Waals surface area contributed by atoms with Gasteiger partial charge in [0.25, 0.3) is 0 Å². The second-order valence-corrected chi connectivity index (χ2v) is 7.58. The summed E-state index contributed by atoms with van der Waals surface area (Å²) in [5.74, 6) is -0.119. The van der Waals surface area contributed by atoms with Gasteiger partial charge in [-0.05, 0) is 41.0 Å². The summed E-state index contributed by atoms with van der Waals surface area (Å²) in [6, 6.07) is 21.8. The van der Waals surface area contributed by atoms with E-state index in [1.807, 2.05) is 48.5 Å². The van der Waals surface area contributed by atoms with Crippen LogP contribution in [0.25, 0.3) is 0 Å². The lowest BCUT2D eigenvalue weighted by molar-refractivity contribution is -0.123. The molecular weight excluding hydrogens is 415 g/mol. The Kier molecular flexibility index (Phi) is 7.35. The number of carbonyl (C=O) groups excluding carboxylic acids is 1. The predicted octanol–water partition coefficient (Wildman–Crippen LogP) is 5.79. The molecule has 0 aromatic heterocycles. The summed E-state index contributed by atoms with van der Waals surface area (Å²) in [6.07, 6.45) is 0. The molecule has 1 atom stereocenters. The predicted molar refractivity (Wildman–Crippen MR) is 116 cm³/mol. The van der Waals surface area contributed by atoms with Crippen LogP contribution < -0.4 is 10.6 Å². The Balaban J connectivity index is 1.71. The SMILES string of the molecule is O=C(NCc1ccc(Cl)cc1)C(NCc1ccc(Cl)cc1Cl)c1ccccc1. The summed E-state index contributed by atoms with van der Waals surface area (Å²) in [7, 11) is 0. The summed E-state index contributed by atoms with van der Waals surface area (Å²) in [5.41, 5.74) is 2.73. The highest BCUT2D eigenvalue weighted by Crippen LogP contribution is 2.22. The monoisotopic (exact) mass is 432 g/mol. The molecule has 0 spiro atoms. The Bertz CT molecular complexity index is 930. The van der Waals surface area contributed by atoms with Gasteiger partial charge in [-0.25, -0.2) is 0 Å². The average molecular weight is 434 g/mol. The molecule has 0 saturated heterocycles. The summed E-state index contributed by atoms with van der Waals surface area (Å²) in [4.78, 5) is 12.9. The third kappa shape index (κ3) is 5.73. The average Bonchev–Trinajstić information content (AvgIpc) is 2.70. The summed E-state index contributed by atoms with van der Waals surface area (Å²) in [6.45, 7) is 0.854. The number of benzene rings is 3. The van der Waals surface area contributed by atoms with Crippen molar-refractivity contribution in [2.45, 2.75) is 19.1 Å². The highest BCUT2D eigenvalue weighted by Gasteiger charge is 2.20. The zero-order chi connectivity index (χ0) is 19.9. The smallest absolute Gasteiger partial charge is 0.242 e. The zero-order valence-electron chi connectivity index (χ0n) is 15.0. The van der Waals surface area contributed by atoms with E-state index in [1.165, 1.54) is 0 Å². The fourth-order valence-electron chi connectivity index (χ4n) is 2.78. The van der Waals surface area contributed by atoms with E-state index in [4.69, 9.17) is 34.8 Å². The van der Waals surface area contributed by atoms with Crippen molar-refractivity contribution in [3.8, 4) is 0 Å². The Labute approximate surface area is 179 Å². The van der Waals surface area contributed by atoms with E-state index in [9.17, 15) is 4.79 Å². The number of amides is 1. The van der Waals surface area contributed by atoms with Crippen molar-refractivity contribution in [3.05, 3.63) is 105 Å². The van der Waals surface area contributed by atoms with Crippen molar-refractivity contribution in [1.29, 1.82) is 0 Å². The highest BCUT2D eigenvalue weighted by molar-refractivity contribution is 6.35. The maximum absolute atomic E-state index is 12.9. The molecule has 0 saturated carbocycles. The van der Waals surface area contributed by atoms with Crippen LogP contribution in [-0.4, -0.2) is 5.91 Å². The van der Waals surface area contributed by atoms with Crippen molar-refractivity contribution in [3.63, 3.8) is 0 Å². The van der Waals surface area contributed by atoms with Gasteiger partial charge in [-0.15, -0.1) is 0 Å². The van der Waals surface area contributed by atoms with E-state index in [1.54, 1.807) is 24.3 Å². The maximum Gasteiger partial charge on any atom is 0.242 e. The van der Waals surface area contributed by atoms with Crippen molar-refractivity contribution in [2.75, 3.05) is 0 Å². The topological polar surface area (TPSA) is 41.1 Å². The van der Waals surface area contributed by atoms with Gasteiger partial charge in [0, 0.05) is 28.2 Å². The van der Waals surface area contributed by atoms with Crippen molar-refractivity contribution in [2.24, 2.45) is 0 Å². The molecule has 0 fully saturated rings. The van der Waals surface area contributed by atoms with Gasteiger partial charge in [-0.1, -0.05) is 83.3 Å². The van der Waals surface area contributed by atoms with Crippen molar-refractivity contribution < 1.29 is 4.79 Å². The number of rotatable bonds is 7. The number of nitrogens with one attached hydrogen (secondary N) is 2. The summed E-state index contributed by atoms with van der Waals surface area (Å²) >= 11 is 18.1. The largest absolute Gasteiger partial charge is 0.350 e. The fourth-order valence-corrected chi connectivity index (χ4v) is 3.38. The van der Waals surface area contributed by atoms with Gasteiger partial charge in [0.1, 0.15) is 6.04 Å². The second kappa shape index (κ2) is 9.94. The van der Waals surface area contributed by atoms with E-state index < -0.39 is 6.04 Å². The number of hydrogen-bond acceptors (Lipinski definition) is 2. The van der Waals surface area contributed by atoms with Gasteiger partial charge in [-0.3, -0.25) is 10.1 Å². The van der Waals surface area contributed by atoms with Gasteiger partial charge < -0.3 is 5.32 Å². The van der Waals surface area contributed by atoms with Gasteiger partial charge >= 0.3 is 0 Å². The van der Waals surface area contributed by atoms with Crippen LogP contribution in [0.5, 0.6) is 0 Å². The fraction of sp³-hybridized carbons (Fsp3) is 0.136. The van der Waals surface area contributed by atoms with E-state index in [0.29, 0.717) is 28.2 Å². The molecule has 0 aliphatic heterocycles.